The van der Waals surface area contributed by atoms with Crippen LogP contribution in [0.15, 0.2) is 0 Å². The molecule has 0 aliphatic rings. The highest BCUT2D eigenvalue weighted by molar-refractivity contribution is 4.78. The van der Waals surface area contributed by atoms with E-state index in [2.05, 4.69) is 51.9 Å². The smallest absolute Gasteiger partial charge is 0.0596 e. The normalized spacial score (nSPS) is 15.5. The molecule has 0 heterocycles. The van der Waals surface area contributed by atoms with Gasteiger partial charge in [0.25, 0.3) is 0 Å². The van der Waals surface area contributed by atoms with Crippen molar-refractivity contribution in [2.24, 2.45) is 5.41 Å². The van der Waals surface area contributed by atoms with E-state index in [1.54, 1.807) is 0 Å². The lowest BCUT2D eigenvalue weighted by Crippen LogP contribution is -2.41. The number of ether oxygens (including phenoxy) is 1. The lowest BCUT2D eigenvalue weighted by Gasteiger charge is -2.33. The van der Waals surface area contributed by atoms with Crippen LogP contribution in [0.4, 0.5) is 0 Å². The maximum Gasteiger partial charge on any atom is 0.0596 e. The largest absolute Gasteiger partial charge is 0.377 e. The standard InChI is InChI=1S/C14H32N2O/c1-7-14(5,11-15-8-2)12-16(6)9-10-17-13(3)4/h13,15H,7-12H2,1-6H3. The summed E-state index contributed by atoms with van der Waals surface area (Å²) in [5.41, 5.74) is 0.364. The van der Waals surface area contributed by atoms with Crippen LogP contribution >= 0.6 is 0 Å². The first kappa shape index (κ1) is 16.9. The molecule has 3 nitrogen and oxygen atoms in total. The Labute approximate surface area is 108 Å². The summed E-state index contributed by atoms with van der Waals surface area (Å²) in [7, 11) is 2.18. The van der Waals surface area contributed by atoms with Crippen LogP contribution in [0.3, 0.4) is 0 Å². The topological polar surface area (TPSA) is 24.5 Å². The fourth-order valence-corrected chi connectivity index (χ4v) is 1.89. The molecular formula is C14H32N2O. The van der Waals surface area contributed by atoms with Crippen molar-refractivity contribution < 1.29 is 4.74 Å². The molecule has 0 aromatic rings. The zero-order valence-electron chi connectivity index (χ0n) is 12.7. The Bertz CT molecular complexity index is 185. The van der Waals surface area contributed by atoms with Crippen molar-refractivity contribution in [3.8, 4) is 0 Å². The van der Waals surface area contributed by atoms with Gasteiger partial charge in [0.15, 0.2) is 0 Å². The number of rotatable bonds is 10. The molecule has 0 bridgehead atoms. The van der Waals surface area contributed by atoms with Crippen molar-refractivity contribution in [3.05, 3.63) is 0 Å². The minimum atomic E-state index is 0.336. The third kappa shape index (κ3) is 8.58. The van der Waals surface area contributed by atoms with Gasteiger partial charge in [-0.15, -0.1) is 0 Å². The minimum Gasteiger partial charge on any atom is -0.377 e. The van der Waals surface area contributed by atoms with Gasteiger partial charge in [0.1, 0.15) is 0 Å². The molecule has 0 aliphatic heterocycles. The minimum absolute atomic E-state index is 0.336. The monoisotopic (exact) mass is 244 g/mol. The average molecular weight is 244 g/mol. The molecule has 1 atom stereocenters. The first-order chi connectivity index (χ1) is 7.93. The molecule has 0 aliphatic carbocycles. The maximum atomic E-state index is 5.58. The van der Waals surface area contributed by atoms with Crippen LogP contribution in [0, 0.1) is 5.41 Å². The van der Waals surface area contributed by atoms with Crippen molar-refractivity contribution in [2.75, 3.05) is 39.8 Å². The third-order valence-corrected chi connectivity index (χ3v) is 3.23. The maximum absolute atomic E-state index is 5.58. The summed E-state index contributed by atoms with van der Waals surface area (Å²) in [6.45, 7) is 16.1. The van der Waals surface area contributed by atoms with Gasteiger partial charge in [0, 0.05) is 19.6 Å². The summed E-state index contributed by atoms with van der Waals surface area (Å²) >= 11 is 0. The van der Waals surface area contributed by atoms with Gasteiger partial charge in [0.2, 0.25) is 0 Å². The third-order valence-electron chi connectivity index (χ3n) is 3.23. The summed E-state index contributed by atoms with van der Waals surface area (Å²) in [4.78, 5) is 2.38. The number of nitrogens with zero attached hydrogens (tertiary/aromatic N) is 1. The van der Waals surface area contributed by atoms with Crippen molar-refractivity contribution in [3.63, 3.8) is 0 Å². The van der Waals surface area contributed by atoms with Gasteiger partial charge < -0.3 is 15.0 Å². The number of hydrogen-bond acceptors (Lipinski definition) is 3. The molecule has 0 amide bonds. The molecule has 3 heteroatoms. The molecule has 0 spiro atoms. The zero-order chi connectivity index (χ0) is 13.3. The fourth-order valence-electron chi connectivity index (χ4n) is 1.89. The van der Waals surface area contributed by atoms with E-state index in [9.17, 15) is 0 Å². The highest BCUT2D eigenvalue weighted by Gasteiger charge is 2.23. The van der Waals surface area contributed by atoms with Gasteiger partial charge >= 0.3 is 0 Å². The predicted molar refractivity (Wildman–Crippen MR) is 75.5 cm³/mol. The molecule has 1 N–H and O–H groups in total. The van der Waals surface area contributed by atoms with Crippen molar-refractivity contribution in [2.45, 2.75) is 47.1 Å². The molecule has 0 rings (SSSR count). The average Bonchev–Trinajstić information content (AvgIpc) is 2.26. The Morgan fingerprint density at radius 1 is 1.29 bits per heavy atom. The lowest BCUT2D eigenvalue weighted by molar-refractivity contribution is 0.0553. The number of nitrogens with one attached hydrogen (secondary N) is 1. The Balaban J connectivity index is 3.91. The molecule has 0 aromatic carbocycles. The van der Waals surface area contributed by atoms with Crippen LogP contribution in [0.5, 0.6) is 0 Å². The van der Waals surface area contributed by atoms with Gasteiger partial charge in [-0.3, -0.25) is 0 Å². The molecule has 0 fully saturated rings. The molecule has 0 saturated heterocycles. The second kappa shape index (κ2) is 8.90. The van der Waals surface area contributed by atoms with Gasteiger partial charge in [0.05, 0.1) is 12.7 Å². The second-order valence-corrected chi connectivity index (χ2v) is 5.60. The fraction of sp³-hybridized carbons (Fsp3) is 1.00. The SMILES string of the molecule is CCNCC(C)(CC)CN(C)CCOC(C)C. The zero-order valence-corrected chi connectivity index (χ0v) is 12.7. The van der Waals surface area contributed by atoms with Crippen LogP contribution in [-0.4, -0.2) is 50.8 Å². The van der Waals surface area contributed by atoms with Crippen molar-refractivity contribution >= 4 is 0 Å². The Morgan fingerprint density at radius 3 is 2.41 bits per heavy atom. The van der Waals surface area contributed by atoms with Gasteiger partial charge in [-0.05, 0) is 39.3 Å². The second-order valence-electron chi connectivity index (χ2n) is 5.60. The predicted octanol–water partition coefficient (Wildman–Crippen LogP) is 2.37. The van der Waals surface area contributed by atoms with E-state index < -0.39 is 0 Å². The molecule has 0 aromatic heterocycles. The molecule has 104 valence electrons. The van der Waals surface area contributed by atoms with Crippen molar-refractivity contribution in [1.82, 2.24) is 10.2 Å². The summed E-state index contributed by atoms with van der Waals surface area (Å²) in [6, 6.07) is 0. The van der Waals surface area contributed by atoms with Crippen LogP contribution in [0.2, 0.25) is 0 Å². The van der Waals surface area contributed by atoms with Gasteiger partial charge in [-0.1, -0.05) is 20.8 Å². The summed E-state index contributed by atoms with van der Waals surface area (Å²) in [5.74, 6) is 0. The number of hydrogen-bond donors (Lipinski definition) is 1. The van der Waals surface area contributed by atoms with Crippen molar-refractivity contribution in [1.29, 1.82) is 0 Å². The quantitative estimate of drug-likeness (QED) is 0.638. The van der Waals surface area contributed by atoms with Gasteiger partial charge in [-0.25, -0.2) is 0 Å². The van der Waals surface area contributed by atoms with E-state index in [1.807, 2.05) is 0 Å². The Kier molecular flexibility index (Phi) is 8.83. The highest BCUT2D eigenvalue weighted by atomic mass is 16.5. The Hall–Kier alpha value is -0.120. The summed E-state index contributed by atoms with van der Waals surface area (Å²) in [6.07, 6.45) is 1.54. The van der Waals surface area contributed by atoms with E-state index in [0.717, 1.165) is 32.8 Å². The molecule has 1 unspecified atom stereocenters. The van der Waals surface area contributed by atoms with E-state index in [-0.39, 0.29) is 0 Å². The van der Waals surface area contributed by atoms with E-state index in [4.69, 9.17) is 4.74 Å². The summed E-state index contributed by atoms with van der Waals surface area (Å²) in [5, 5.41) is 3.46. The molecule has 17 heavy (non-hydrogen) atoms. The Morgan fingerprint density at radius 2 is 1.94 bits per heavy atom. The van der Waals surface area contributed by atoms with Crippen LogP contribution in [-0.2, 0) is 4.74 Å². The number of likely N-dealkylation sites (N-methyl/N-ethyl adjacent to an activating group) is 1. The van der Waals surface area contributed by atoms with E-state index in [0.29, 0.717) is 11.5 Å². The van der Waals surface area contributed by atoms with Crippen LogP contribution < -0.4 is 5.32 Å². The summed E-state index contributed by atoms with van der Waals surface area (Å²) < 4.78 is 5.58. The molecular weight excluding hydrogens is 212 g/mol. The van der Waals surface area contributed by atoms with Gasteiger partial charge in [-0.2, -0.15) is 0 Å². The molecule has 0 saturated carbocycles. The molecule has 0 radical (unpaired) electrons. The lowest BCUT2D eigenvalue weighted by atomic mass is 9.87. The first-order valence-corrected chi connectivity index (χ1v) is 6.94. The van der Waals surface area contributed by atoms with Crippen LogP contribution in [0.25, 0.3) is 0 Å². The van der Waals surface area contributed by atoms with Crippen LogP contribution in [0.1, 0.15) is 41.0 Å². The van der Waals surface area contributed by atoms with E-state index >= 15 is 0 Å². The van der Waals surface area contributed by atoms with E-state index in [1.165, 1.54) is 6.42 Å². The first-order valence-electron chi connectivity index (χ1n) is 6.94. The highest BCUT2D eigenvalue weighted by Crippen LogP contribution is 2.20.